The van der Waals surface area contributed by atoms with Crippen molar-refractivity contribution in [3.8, 4) is 5.75 Å². The molecule has 0 aliphatic rings. The maximum Gasteiger partial charge on any atom is 0.410 e. The highest BCUT2D eigenvalue weighted by Gasteiger charge is 2.22. The molecule has 1 aromatic carbocycles. The van der Waals surface area contributed by atoms with Gasteiger partial charge in [-0.25, -0.2) is 4.79 Å². The monoisotopic (exact) mass is 424 g/mol. The van der Waals surface area contributed by atoms with Crippen LogP contribution in [0, 0.1) is 6.92 Å². The van der Waals surface area contributed by atoms with Crippen molar-refractivity contribution in [1.29, 1.82) is 0 Å². The normalized spacial score (nSPS) is 11.4. The molecule has 0 N–H and O–H groups in total. The summed E-state index contributed by atoms with van der Waals surface area (Å²) < 4.78 is 17.1. The number of benzene rings is 1. The molecule has 2 heterocycles. The second-order valence-electron chi connectivity index (χ2n) is 8.30. The van der Waals surface area contributed by atoms with Gasteiger partial charge in [0.15, 0.2) is 12.0 Å². The molecular weight excluding hydrogens is 396 g/mol. The topological polar surface area (TPSA) is 81.9 Å². The third kappa shape index (κ3) is 5.84. The van der Waals surface area contributed by atoms with E-state index >= 15 is 0 Å². The zero-order valence-electron chi connectivity index (χ0n) is 18.4. The lowest BCUT2D eigenvalue weighted by molar-refractivity contribution is 0.0225. The number of furan rings is 1. The molecule has 31 heavy (non-hydrogen) atoms. The number of carbonyl (C=O) groups is 2. The molecule has 0 aliphatic carbocycles. The van der Waals surface area contributed by atoms with E-state index in [0.717, 1.165) is 16.5 Å². The van der Waals surface area contributed by atoms with Crippen LogP contribution in [0.4, 0.5) is 4.79 Å². The lowest BCUT2D eigenvalue weighted by Crippen LogP contribution is -2.37. The smallest absolute Gasteiger partial charge is 0.410 e. The number of aldehydes is 1. The number of hydrogen-bond donors (Lipinski definition) is 0. The first-order chi connectivity index (χ1) is 14.8. The first-order valence-corrected chi connectivity index (χ1v) is 10.3. The van der Waals surface area contributed by atoms with Crippen molar-refractivity contribution in [3.63, 3.8) is 0 Å². The number of carbonyl (C=O) groups excluding carboxylic acids is 2. The highest BCUT2D eigenvalue weighted by molar-refractivity contribution is 5.93. The minimum Gasteiger partial charge on any atom is -0.493 e. The van der Waals surface area contributed by atoms with Crippen LogP contribution < -0.4 is 4.74 Å². The van der Waals surface area contributed by atoms with E-state index in [0.29, 0.717) is 49.5 Å². The van der Waals surface area contributed by atoms with Gasteiger partial charge in [0.05, 0.1) is 18.5 Å². The molecule has 1 amide bonds. The van der Waals surface area contributed by atoms with Crippen LogP contribution in [-0.2, 0) is 11.3 Å². The van der Waals surface area contributed by atoms with Gasteiger partial charge < -0.3 is 18.8 Å². The summed E-state index contributed by atoms with van der Waals surface area (Å²) in [5.41, 5.74) is 1.72. The molecule has 0 saturated heterocycles. The van der Waals surface area contributed by atoms with Crippen LogP contribution in [0.2, 0.25) is 0 Å². The zero-order valence-corrected chi connectivity index (χ0v) is 18.4. The molecule has 7 heteroatoms. The molecule has 7 nitrogen and oxygen atoms in total. The van der Waals surface area contributed by atoms with Crippen molar-refractivity contribution in [2.45, 2.75) is 46.3 Å². The van der Waals surface area contributed by atoms with E-state index in [1.807, 2.05) is 52.0 Å². The predicted molar refractivity (Wildman–Crippen MR) is 117 cm³/mol. The average Bonchev–Trinajstić information content (AvgIpc) is 3.06. The van der Waals surface area contributed by atoms with Crippen LogP contribution in [0.3, 0.4) is 0 Å². The number of rotatable bonds is 8. The first kappa shape index (κ1) is 22.3. The third-order valence-corrected chi connectivity index (χ3v) is 4.64. The second-order valence-corrected chi connectivity index (χ2v) is 8.30. The Morgan fingerprint density at radius 3 is 2.71 bits per heavy atom. The van der Waals surface area contributed by atoms with Gasteiger partial charge in [-0.15, -0.1) is 0 Å². The fourth-order valence-corrected chi connectivity index (χ4v) is 3.23. The van der Waals surface area contributed by atoms with E-state index in [-0.39, 0.29) is 6.09 Å². The van der Waals surface area contributed by atoms with Gasteiger partial charge in [-0.3, -0.25) is 9.78 Å². The lowest BCUT2D eigenvalue weighted by atomic mass is 10.1. The predicted octanol–water partition coefficient (Wildman–Crippen LogP) is 5.15. The molecule has 0 saturated carbocycles. The molecule has 2 aromatic heterocycles. The first-order valence-electron chi connectivity index (χ1n) is 10.3. The Kier molecular flexibility index (Phi) is 6.95. The van der Waals surface area contributed by atoms with Crippen molar-refractivity contribution >= 4 is 23.3 Å². The molecule has 0 unspecified atom stereocenters. The summed E-state index contributed by atoms with van der Waals surface area (Å²) in [5.74, 6) is 0.960. The van der Waals surface area contributed by atoms with Gasteiger partial charge in [-0.05, 0) is 57.9 Å². The average molecular weight is 424 g/mol. The number of nitrogens with zero attached hydrogens (tertiary/aromatic N) is 2. The summed E-state index contributed by atoms with van der Waals surface area (Å²) >= 11 is 0. The van der Waals surface area contributed by atoms with Gasteiger partial charge in [0.1, 0.15) is 16.9 Å². The molecule has 0 aliphatic heterocycles. The number of fused-ring (bicyclic) bond motifs is 1. The molecule has 3 aromatic rings. The maximum absolute atomic E-state index is 12.7. The van der Waals surface area contributed by atoms with Crippen LogP contribution in [-0.4, -0.2) is 41.0 Å². The van der Waals surface area contributed by atoms with Gasteiger partial charge in [-0.2, -0.15) is 0 Å². The van der Waals surface area contributed by atoms with Crippen LogP contribution in [0.1, 0.15) is 48.9 Å². The maximum atomic E-state index is 12.7. The number of ether oxygens (including phenoxy) is 2. The molecule has 0 bridgehead atoms. The largest absolute Gasteiger partial charge is 0.493 e. The molecule has 0 fully saturated rings. The Bertz CT molecular complexity index is 1040. The fraction of sp³-hybridized carbons (Fsp3) is 0.375. The second kappa shape index (κ2) is 9.64. The van der Waals surface area contributed by atoms with Gasteiger partial charge in [0.25, 0.3) is 0 Å². The van der Waals surface area contributed by atoms with E-state index in [1.165, 1.54) is 0 Å². The van der Waals surface area contributed by atoms with Crippen molar-refractivity contribution in [1.82, 2.24) is 9.88 Å². The number of aryl methyl sites for hydroxylation is 1. The number of pyridine rings is 1. The lowest BCUT2D eigenvalue weighted by Gasteiger charge is -2.27. The molecule has 164 valence electrons. The van der Waals surface area contributed by atoms with Gasteiger partial charge in [-0.1, -0.05) is 12.1 Å². The number of amides is 1. The quantitative estimate of drug-likeness (QED) is 0.367. The summed E-state index contributed by atoms with van der Waals surface area (Å²) in [5, 5.41) is 0.795. The van der Waals surface area contributed by atoms with Gasteiger partial charge in [0, 0.05) is 24.5 Å². The van der Waals surface area contributed by atoms with Crippen LogP contribution in [0.5, 0.6) is 5.75 Å². The fourth-order valence-electron chi connectivity index (χ4n) is 3.23. The Balaban J connectivity index is 1.65. The highest BCUT2D eigenvalue weighted by Crippen LogP contribution is 2.32. The summed E-state index contributed by atoms with van der Waals surface area (Å²) in [6.45, 7) is 8.63. The summed E-state index contributed by atoms with van der Waals surface area (Å²) in [6.07, 6.45) is 4.37. The Morgan fingerprint density at radius 1 is 1.23 bits per heavy atom. The molecular formula is C24H28N2O5. The summed E-state index contributed by atoms with van der Waals surface area (Å²) in [7, 11) is 0. The summed E-state index contributed by atoms with van der Waals surface area (Å²) in [6, 6.07) is 9.24. The minimum absolute atomic E-state index is 0.304. The molecule has 0 spiro atoms. The SMILES string of the molecule is Cc1c(C=O)oc2cccc(OCCCN(Cc3cccnc3)C(=O)OC(C)(C)C)c12. The zero-order chi connectivity index (χ0) is 22.4. The van der Waals surface area contributed by atoms with E-state index in [4.69, 9.17) is 13.9 Å². The van der Waals surface area contributed by atoms with Crippen LogP contribution in [0.25, 0.3) is 11.0 Å². The van der Waals surface area contributed by atoms with E-state index < -0.39 is 5.60 Å². The van der Waals surface area contributed by atoms with Crippen molar-refractivity contribution in [2.24, 2.45) is 0 Å². The molecule has 3 rings (SSSR count). The number of aromatic nitrogens is 1. The standard InChI is InChI=1S/C24H28N2O5/c1-17-21(16-27)30-20-10-5-9-19(22(17)20)29-13-7-12-26(23(28)31-24(2,3)4)15-18-8-6-11-25-14-18/h5-6,8-11,14,16H,7,12-13,15H2,1-4H3. The Labute approximate surface area is 182 Å². The Hall–Kier alpha value is -3.35. The van der Waals surface area contributed by atoms with E-state index in [2.05, 4.69) is 4.98 Å². The van der Waals surface area contributed by atoms with E-state index in [9.17, 15) is 9.59 Å². The van der Waals surface area contributed by atoms with E-state index in [1.54, 1.807) is 23.4 Å². The van der Waals surface area contributed by atoms with Crippen molar-refractivity contribution in [3.05, 3.63) is 59.6 Å². The van der Waals surface area contributed by atoms with Crippen LogP contribution >= 0.6 is 0 Å². The van der Waals surface area contributed by atoms with Crippen molar-refractivity contribution < 1.29 is 23.5 Å². The van der Waals surface area contributed by atoms with Gasteiger partial charge >= 0.3 is 6.09 Å². The molecule has 0 radical (unpaired) electrons. The van der Waals surface area contributed by atoms with Gasteiger partial charge in [0.2, 0.25) is 0 Å². The molecule has 0 atom stereocenters. The summed E-state index contributed by atoms with van der Waals surface area (Å²) in [4.78, 5) is 29.6. The minimum atomic E-state index is -0.578. The number of hydrogen-bond acceptors (Lipinski definition) is 6. The Morgan fingerprint density at radius 2 is 2.03 bits per heavy atom. The van der Waals surface area contributed by atoms with Crippen molar-refractivity contribution in [2.75, 3.05) is 13.2 Å². The van der Waals surface area contributed by atoms with Crippen LogP contribution in [0.15, 0.2) is 47.1 Å². The third-order valence-electron chi connectivity index (χ3n) is 4.64. The highest BCUT2D eigenvalue weighted by atomic mass is 16.6.